The van der Waals surface area contributed by atoms with Crippen molar-refractivity contribution in [2.45, 2.75) is 51.9 Å². The van der Waals surface area contributed by atoms with Crippen LogP contribution >= 0.6 is 0 Å². The number of hydrogen-bond donors (Lipinski definition) is 1. The summed E-state index contributed by atoms with van der Waals surface area (Å²) in [5, 5.41) is 2.99. The Morgan fingerprint density at radius 1 is 0.826 bits per heavy atom. The second-order valence-corrected chi connectivity index (χ2v) is 13.1. The molecule has 2 amide bonds. The SMILES string of the molecule is CC[C@@H](C)NC(=O)[C@H](Cc1ccccc1)N(Cc1ccc(F)cc1)C(=O)CN(c1ccc(OCc2ccccc2)cc1)S(C)(=O)=O. The van der Waals surface area contributed by atoms with E-state index < -0.39 is 34.3 Å². The number of anilines is 1. The average Bonchev–Trinajstić information content (AvgIpc) is 3.05. The fraction of sp³-hybridized carbons (Fsp3) is 0.278. The molecular weight excluding hydrogens is 605 g/mol. The molecule has 0 aromatic heterocycles. The maximum absolute atomic E-state index is 14.2. The van der Waals surface area contributed by atoms with Crippen LogP contribution in [0.4, 0.5) is 10.1 Å². The predicted octanol–water partition coefficient (Wildman–Crippen LogP) is 5.73. The van der Waals surface area contributed by atoms with Crippen molar-refractivity contribution >= 4 is 27.5 Å². The van der Waals surface area contributed by atoms with Crippen LogP contribution in [-0.4, -0.2) is 50.0 Å². The molecule has 0 saturated carbocycles. The Bertz CT molecular complexity index is 1670. The summed E-state index contributed by atoms with van der Waals surface area (Å²) in [6, 6.07) is 29.9. The molecule has 242 valence electrons. The van der Waals surface area contributed by atoms with Crippen molar-refractivity contribution < 1.29 is 27.1 Å². The summed E-state index contributed by atoms with van der Waals surface area (Å²) < 4.78 is 46.8. The molecule has 0 heterocycles. The molecule has 0 bridgehead atoms. The number of nitrogens with zero attached hydrogens (tertiary/aromatic N) is 2. The summed E-state index contributed by atoms with van der Waals surface area (Å²) >= 11 is 0. The predicted molar refractivity (Wildman–Crippen MR) is 178 cm³/mol. The number of sulfonamides is 1. The Balaban J connectivity index is 1.64. The highest BCUT2D eigenvalue weighted by Crippen LogP contribution is 2.24. The monoisotopic (exact) mass is 645 g/mol. The van der Waals surface area contributed by atoms with Gasteiger partial charge in [0.2, 0.25) is 21.8 Å². The zero-order chi connectivity index (χ0) is 33.1. The number of rotatable bonds is 15. The van der Waals surface area contributed by atoms with Crippen molar-refractivity contribution in [2.24, 2.45) is 0 Å². The number of carbonyl (C=O) groups is 2. The summed E-state index contributed by atoms with van der Waals surface area (Å²) in [5.41, 5.74) is 2.68. The molecule has 0 aliphatic rings. The number of ether oxygens (including phenoxy) is 1. The third-order valence-corrected chi connectivity index (χ3v) is 8.73. The first-order chi connectivity index (χ1) is 22.0. The first kappa shape index (κ1) is 34.2. The Morgan fingerprint density at radius 2 is 1.41 bits per heavy atom. The third-order valence-electron chi connectivity index (χ3n) is 7.59. The molecule has 46 heavy (non-hydrogen) atoms. The van der Waals surface area contributed by atoms with E-state index in [9.17, 15) is 22.4 Å². The molecule has 0 unspecified atom stereocenters. The lowest BCUT2D eigenvalue weighted by atomic mass is 10.0. The Morgan fingerprint density at radius 3 is 1.98 bits per heavy atom. The lowest BCUT2D eigenvalue weighted by molar-refractivity contribution is -0.140. The second kappa shape index (κ2) is 16.0. The van der Waals surface area contributed by atoms with Gasteiger partial charge in [0.25, 0.3) is 0 Å². The van der Waals surface area contributed by atoms with E-state index in [1.807, 2.05) is 74.5 Å². The molecule has 1 N–H and O–H groups in total. The highest BCUT2D eigenvalue weighted by atomic mass is 32.2. The molecular formula is C36H40FN3O5S. The molecule has 0 fully saturated rings. The van der Waals surface area contributed by atoms with E-state index >= 15 is 0 Å². The molecule has 2 atom stereocenters. The highest BCUT2D eigenvalue weighted by molar-refractivity contribution is 7.92. The van der Waals surface area contributed by atoms with Gasteiger partial charge in [-0.3, -0.25) is 13.9 Å². The van der Waals surface area contributed by atoms with Gasteiger partial charge >= 0.3 is 0 Å². The summed E-state index contributed by atoms with van der Waals surface area (Å²) in [6.07, 6.45) is 1.91. The summed E-state index contributed by atoms with van der Waals surface area (Å²) in [6.45, 7) is 3.58. The van der Waals surface area contributed by atoms with Gasteiger partial charge in [0.05, 0.1) is 11.9 Å². The first-order valence-corrected chi connectivity index (χ1v) is 17.0. The number of benzene rings is 4. The Hall–Kier alpha value is -4.70. The van der Waals surface area contributed by atoms with Gasteiger partial charge in [0.1, 0.15) is 30.8 Å². The lowest BCUT2D eigenvalue weighted by Crippen LogP contribution is -2.54. The van der Waals surface area contributed by atoms with E-state index in [-0.39, 0.29) is 30.6 Å². The van der Waals surface area contributed by atoms with Gasteiger partial charge < -0.3 is 15.0 Å². The fourth-order valence-electron chi connectivity index (χ4n) is 4.84. The van der Waals surface area contributed by atoms with Crippen molar-refractivity contribution in [1.29, 1.82) is 0 Å². The molecule has 0 radical (unpaired) electrons. The number of nitrogens with one attached hydrogen (secondary N) is 1. The number of hydrogen-bond acceptors (Lipinski definition) is 5. The van der Waals surface area contributed by atoms with Crippen molar-refractivity contribution in [3.05, 3.63) is 132 Å². The van der Waals surface area contributed by atoms with Gasteiger partial charge in [-0.25, -0.2) is 12.8 Å². The topological polar surface area (TPSA) is 96.0 Å². The molecule has 4 aromatic rings. The van der Waals surface area contributed by atoms with Crippen LogP contribution in [0.15, 0.2) is 109 Å². The van der Waals surface area contributed by atoms with Gasteiger partial charge in [0, 0.05) is 19.0 Å². The zero-order valence-electron chi connectivity index (χ0n) is 26.3. The maximum atomic E-state index is 14.2. The smallest absolute Gasteiger partial charge is 0.244 e. The van der Waals surface area contributed by atoms with Crippen LogP contribution in [0.5, 0.6) is 5.75 Å². The van der Waals surface area contributed by atoms with E-state index in [1.54, 1.807) is 36.4 Å². The van der Waals surface area contributed by atoms with E-state index in [4.69, 9.17) is 4.74 Å². The minimum absolute atomic E-state index is 0.0333. The minimum atomic E-state index is -3.93. The lowest BCUT2D eigenvalue weighted by Gasteiger charge is -2.34. The van der Waals surface area contributed by atoms with Gasteiger partial charge in [-0.1, -0.05) is 79.7 Å². The standard InChI is InChI=1S/C36H40FN3O5S/c1-4-27(2)38-36(42)34(23-28-11-7-5-8-12-28)39(24-29-15-17-31(37)18-16-29)35(41)25-40(46(3,43)44)32-19-21-33(22-20-32)45-26-30-13-9-6-10-14-30/h5-22,27,34H,4,23-26H2,1-3H3,(H,38,42)/t27-,34+/m1/s1. The van der Waals surface area contributed by atoms with Crippen molar-refractivity contribution in [3.8, 4) is 5.75 Å². The first-order valence-electron chi connectivity index (χ1n) is 15.2. The Labute approximate surface area is 270 Å². The molecule has 0 aliphatic heterocycles. The van der Waals surface area contributed by atoms with Gasteiger partial charge in [-0.15, -0.1) is 0 Å². The van der Waals surface area contributed by atoms with Crippen LogP contribution in [0.3, 0.4) is 0 Å². The van der Waals surface area contributed by atoms with Gasteiger partial charge in [-0.05, 0) is 66.4 Å². The largest absolute Gasteiger partial charge is 0.489 e. The number of halogens is 1. The Kier molecular flexibility index (Phi) is 11.9. The normalized spacial score (nSPS) is 12.5. The van der Waals surface area contributed by atoms with E-state index in [0.717, 1.165) is 21.7 Å². The average molecular weight is 646 g/mol. The minimum Gasteiger partial charge on any atom is -0.489 e. The van der Waals surface area contributed by atoms with Crippen LogP contribution in [0, 0.1) is 5.82 Å². The fourth-order valence-corrected chi connectivity index (χ4v) is 5.69. The molecule has 4 rings (SSSR count). The van der Waals surface area contributed by atoms with Crippen molar-refractivity contribution in [1.82, 2.24) is 10.2 Å². The summed E-state index contributed by atoms with van der Waals surface area (Å²) in [5.74, 6) is -0.842. The van der Waals surface area contributed by atoms with E-state index in [1.165, 1.54) is 17.0 Å². The number of carbonyl (C=O) groups excluding carboxylic acids is 2. The van der Waals surface area contributed by atoms with Gasteiger partial charge in [-0.2, -0.15) is 0 Å². The van der Waals surface area contributed by atoms with E-state index in [2.05, 4.69) is 5.32 Å². The maximum Gasteiger partial charge on any atom is 0.244 e. The summed E-state index contributed by atoms with van der Waals surface area (Å²) in [4.78, 5) is 29.3. The molecule has 10 heteroatoms. The van der Waals surface area contributed by atoms with Crippen LogP contribution in [0.2, 0.25) is 0 Å². The quantitative estimate of drug-likeness (QED) is 0.178. The van der Waals surface area contributed by atoms with Crippen molar-refractivity contribution in [2.75, 3.05) is 17.1 Å². The van der Waals surface area contributed by atoms with Crippen molar-refractivity contribution in [3.63, 3.8) is 0 Å². The zero-order valence-corrected chi connectivity index (χ0v) is 27.1. The summed E-state index contributed by atoms with van der Waals surface area (Å²) in [7, 11) is -3.93. The van der Waals surface area contributed by atoms with Crippen LogP contribution in [0.1, 0.15) is 37.0 Å². The molecule has 8 nitrogen and oxygen atoms in total. The highest BCUT2D eigenvalue weighted by Gasteiger charge is 2.33. The van der Waals surface area contributed by atoms with Crippen LogP contribution in [0.25, 0.3) is 0 Å². The van der Waals surface area contributed by atoms with Crippen LogP contribution in [-0.2, 0) is 39.2 Å². The molecule has 4 aromatic carbocycles. The van der Waals surface area contributed by atoms with Gasteiger partial charge in [0.15, 0.2) is 0 Å². The number of amides is 2. The second-order valence-electron chi connectivity index (χ2n) is 11.2. The molecule has 0 aliphatic carbocycles. The molecule has 0 saturated heterocycles. The molecule has 0 spiro atoms. The van der Waals surface area contributed by atoms with E-state index in [0.29, 0.717) is 24.3 Å². The van der Waals surface area contributed by atoms with Crippen LogP contribution < -0.4 is 14.4 Å². The third kappa shape index (κ3) is 9.90.